The highest BCUT2D eigenvalue weighted by molar-refractivity contribution is 7.89. The molecule has 0 unspecified atom stereocenters. The van der Waals surface area contributed by atoms with Crippen LogP contribution in [0.1, 0.15) is 38.2 Å². The molecule has 2 heterocycles. The Morgan fingerprint density at radius 3 is 2.45 bits per heavy atom. The highest BCUT2D eigenvalue weighted by Crippen LogP contribution is 2.30. The smallest absolute Gasteiger partial charge is 0.246 e. The van der Waals surface area contributed by atoms with E-state index in [2.05, 4.69) is 13.8 Å². The maximum Gasteiger partial charge on any atom is 0.246 e. The molecule has 1 fully saturated rings. The van der Waals surface area contributed by atoms with E-state index in [4.69, 9.17) is 10.2 Å². The first-order valence-electron chi connectivity index (χ1n) is 7.15. The summed E-state index contributed by atoms with van der Waals surface area (Å²) in [6.45, 7) is 7.46. The molecule has 20 heavy (non-hydrogen) atoms. The molecule has 1 aliphatic rings. The lowest BCUT2D eigenvalue weighted by molar-refractivity contribution is 0.226. The van der Waals surface area contributed by atoms with Crippen LogP contribution in [0.4, 0.5) is 0 Å². The summed E-state index contributed by atoms with van der Waals surface area (Å²) in [5.74, 6) is 2.17. The summed E-state index contributed by atoms with van der Waals surface area (Å²) in [5, 5.41) is 0. The second kappa shape index (κ2) is 5.87. The summed E-state index contributed by atoms with van der Waals surface area (Å²) in [7, 11) is -3.45. The zero-order valence-electron chi connectivity index (χ0n) is 12.4. The van der Waals surface area contributed by atoms with Crippen molar-refractivity contribution in [3.05, 3.63) is 17.6 Å². The van der Waals surface area contributed by atoms with Crippen LogP contribution in [0.2, 0.25) is 0 Å². The SMILES string of the molecule is Cc1oc(CN)cc1S(=O)(=O)N1CCC(C(C)C)CC1. The fourth-order valence-electron chi connectivity index (χ4n) is 2.80. The molecule has 0 bridgehead atoms. The molecule has 6 heteroatoms. The monoisotopic (exact) mass is 300 g/mol. The Labute approximate surface area is 121 Å². The number of nitrogens with zero attached hydrogens (tertiary/aromatic N) is 1. The van der Waals surface area contributed by atoms with Crippen LogP contribution in [-0.2, 0) is 16.6 Å². The Bertz CT molecular complexity index is 555. The molecule has 0 radical (unpaired) electrons. The molecular weight excluding hydrogens is 276 g/mol. The number of hydrogen-bond donors (Lipinski definition) is 1. The van der Waals surface area contributed by atoms with Gasteiger partial charge in [-0.1, -0.05) is 13.8 Å². The normalized spacial score (nSPS) is 18.9. The molecule has 0 spiro atoms. The van der Waals surface area contributed by atoms with Crippen LogP contribution < -0.4 is 5.73 Å². The molecule has 5 nitrogen and oxygen atoms in total. The Kier molecular flexibility index (Phi) is 4.56. The molecule has 0 aromatic carbocycles. The minimum atomic E-state index is -3.45. The van der Waals surface area contributed by atoms with E-state index in [1.807, 2.05) is 0 Å². The zero-order valence-corrected chi connectivity index (χ0v) is 13.2. The number of aryl methyl sites for hydroxylation is 1. The fraction of sp³-hybridized carbons (Fsp3) is 0.714. The van der Waals surface area contributed by atoms with Gasteiger partial charge >= 0.3 is 0 Å². The average molecular weight is 300 g/mol. The molecule has 2 N–H and O–H groups in total. The van der Waals surface area contributed by atoms with E-state index in [9.17, 15) is 8.42 Å². The van der Waals surface area contributed by atoms with Crippen LogP contribution >= 0.6 is 0 Å². The van der Waals surface area contributed by atoms with Gasteiger partial charge in [0.2, 0.25) is 10.0 Å². The maximum absolute atomic E-state index is 12.6. The third kappa shape index (κ3) is 2.92. The Morgan fingerprint density at radius 1 is 1.40 bits per heavy atom. The van der Waals surface area contributed by atoms with Gasteiger partial charge in [0.25, 0.3) is 0 Å². The van der Waals surface area contributed by atoms with Crippen molar-refractivity contribution in [2.75, 3.05) is 13.1 Å². The minimum Gasteiger partial charge on any atom is -0.464 e. The average Bonchev–Trinajstić information content (AvgIpc) is 2.81. The number of hydrogen-bond acceptors (Lipinski definition) is 4. The molecule has 114 valence electrons. The molecule has 1 aliphatic heterocycles. The largest absolute Gasteiger partial charge is 0.464 e. The van der Waals surface area contributed by atoms with Gasteiger partial charge < -0.3 is 10.2 Å². The lowest BCUT2D eigenvalue weighted by Gasteiger charge is -2.32. The van der Waals surface area contributed by atoms with Crippen molar-refractivity contribution >= 4 is 10.0 Å². The predicted octanol–water partition coefficient (Wildman–Crippen LogP) is 2.10. The molecule has 0 atom stereocenters. The molecule has 1 aromatic rings. The van der Waals surface area contributed by atoms with Crippen molar-refractivity contribution in [1.29, 1.82) is 0 Å². The lowest BCUT2D eigenvalue weighted by Crippen LogP contribution is -2.39. The highest BCUT2D eigenvalue weighted by atomic mass is 32.2. The quantitative estimate of drug-likeness (QED) is 0.924. The van der Waals surface area contributed by atoms with E-state index < -0.39 is 10.0 Å². The van der Waals surface area contributed by atoms with Gasteiger partial charge in [-0.05, 0) is 31.6 Å². The van der Waals surface area contributed by atoms with Crippen LogP contribution in [0.25, 0.3) is 0 Å². The van der Waals surface area contributed by atoms with Crippen LogP contribution in [0.5, 0.6) is 0 Å². The molecule has 2 rings (SSSR count). The van der Waals surface area contributed by atoms with Crippen molar-refractivity contribution < 1.29 is 12.8 Å². The van der Waals surface area contributed by atoms with Gasteiger partial charge in [-0.15, -0.1) is 0 Å². The van der Waals surface area contributed by atoms with E-state index in [1.54, 1.807) is 17.3 Å². The lowest BCUT2D eigenvalue weighted by atomic mass is 9.87. The second-order valence-corrected chi connectivity index (χ2v) is 7.73. The van der Waals surface area contributed by atoms with E-state index >= 15 is 0 Å². The number of piperidine rings is 1. The summed E-state index contributed by atoms with van der Waals surface area (Å²) in [4.78, 5) is 0.265. The van der Waals surface area contributed by atoms with Gasteiger partial charge in [0.05, 0.1) is 6.54 Å². The third-order valence-corrected chi connectivity index (χ3v) is 6.19. The molecule has 0 aliphatic carbocycles. The van der Waals surface area contributed by atoms with Crippen molar-refractivity contribution in [3.63, 3.8) is 0 Å². The second-order valence-electron chi connectivity index (χ2n) is 5.82. The van der Waals surface area contributed by atoms with Crippen LogP contribution in [0.15, 0.2) is 15.4 Å². The van der Waals surface area contributed by atoms with E-state index in [1.165, 1.54) is 0 Å². The fourth-order valence-corrected chi connectivity index (χ4v) is 4.46. The van der Waals surface area contributed by atoms with Gasteiger partial charge in [0.1, 0.15) is 16.4 Å². The highest BCUT2D eigenvalue weighted by Gasteiger charge is 2.32. The Hall–Kier alpha value is -0.850. The van der Waals surface area contributed by atoms with E-state index in [0.717, 1.165) is 12.8 Å². The Morgan fingerprint density at radius 2 is 2.00 bits per heavy atom. The molecule has 0 amide bonds. The third-order valence-electron chi connectivity index (χ3n) is 4.18. The van der Waals surface area contributed by atoms with E-state index in [-0.39, 0.29) is 11.4 Å². The summed E-state index contributed by atoms with van der Waals surface area (Å²) >= 11 is 0. The van der Waals surface area contributed by atoms with Crippen LogP contribution in [0.3, 0.4) is 0 Å². The standard InChI is InChI=1S/C14H24N2O3S/c1-10(2)12-4-6-16(7-5-12)20(17,18)14-8-13(9-15)19-11(14)3/h8,10,12H,4-7,9,15H2,1-3H3. The molecule has 1 aromatic heterocycles. The summed E-state index contributed by atoms with van der Waals surface area (Å²) in [6.07, 6.45) is 1.86. The Balaban J connectivity index is 2.17. The first kappa shape index (κ1) is 15.5. The van der Waals surface area contributed by atoms with Crippen LogP contribution in [0, 0.1) is 18.8 Å². The minimum absolute atomic E-state index is 0.214. The first-order valence-corrected chi connectivity index (χ1v) is 8.59. The van der Waals surface area contributed by atoms with Crippen molar-refractivity contribution in [3.8, 4) is 0 Å². The van der Waals surface area contributed by atoms with Crippen LogP contribution in [-0.4, -0.2) is 25.8 Å². The zero-order chi connectivity index (χ0) is 14.9. The number of furan rings is 1. The van der Waals surface area contributed by atoms with Crippen molar-refractivity contribution in [1.82, 2.24) is 4.31 Å². The van der Waals surface area contributed by atoms with Gasteiger partial charge in [-0.3, -0.25) is 0 Å². The number of sulfonamides is 1. The summed E-state index contributed by atoms with van der Waals surface area (Å²) < 4.78 is 32.2. The van der Waals surface area contributed by atoms with Gasteiger partial charge in [0, 0.05) is 19.2 Å². The number of rotatable bonds is 4. The van der Waals surface area contributed by atoms with E-state index in [0.29, 0.717) is 36.4 Å². The molecule has 0 saturated carbocycles. The van der Waals surface area contributed by atoms with Crippen molar-refractivity contribution in [2.24, 2.45) is 17.6 Å². The topological polar surface area (TPSA) is 76.5 Å². The molecular formula is C14H24N2O3S. The predicted molar refractivity (Wildman–Crippen MR) is 77.7 cm³/mol. The first-order chi connectivity index (χ1) is 9.36. The molecule has 1 saturated heterocycles. The van der Waals surface area contributed by atoms with Crippen molar-refractivity contribution in [2.45, 2.75) is 45.1 Å². The number of nitrogens with two attached hydrogens (primary N) is 1. The van der Waals surface area contributed by atoms with Gasteiger partial charge in [0.15, 0.2) is 0 Å². The maximum atomic E-state index is 12.6. The van der Waals surface area contributed by atoms with Gasteiger partial charge in [-0.2, -0.15) is 4.31 Å². The summed E-state index contributed by atoms with van der Waals surface area (Å²) in [5.41, 5.74) is 5.50. The summed E-state index contributed by atoms with van der Waals surface area (Å²) in [6, 6.07) is 1.55. The van der Waals surface area contributed by atoms with Gasteiger partial charge in [-0.25, -0.2) is 8.42 Å².